The Morgan fingerprint density at radius 1 is 1.34 bits per heavy atom. The van der Waals surface area contributed by atoms with Crippen LogP contribution in [0.4, 0.5) is 5.69 Å². The Kier molecular flexibility index (Phi) is 8.77. The molecule has 1 aromatic heterocycles. The number of hydrazine groups is 1. The molecule has 4 N–H and O–H groups in total. The topological polar surface area (TPSA) is 111 Å². The molecule has 0 atom stereocenters. The van der Waals surface area contributed by atoms with E-state index in [0.29, 0.717) is 21.4 Å². The molecule has 0 spiro atoms. The summed E-state index contributed by atoms with van der Waals surface area (Å²) >= 11 is 19.6. The van der Waals surface area contributed by atoms with Gasteiger partial charge in [-0.3, -0.25) is 15.6 Å². The fraction of sp³-hybridized carbons (Fsp3) is 0.118. The monoisotopic (exact) mass is 515 g/mol. The van der Waals surface area contributed by atoms with E-state index in [2.05, 4.69) is 60.1 Å². The van der Waals surface area contributed by atoms with Gasteiger partial charge in [0, 0.05) is 10.0 Å². The van der Waals surface area contributed by atoms with Gasteiger partial charge >= 0.3 is 0 Å². The number of nitrogens with two attached hydrogens (primary N) is 1. The predicted octanol–water partition coefficient (Wildman–Crippen LogP) is 3.76. The number of rotatable bonds is 5. The number of benzene rings is 2. The molecule has 152 valence electrons. The Hall–Kier alpha value is -2.27. The number of halogens is 3. The highest BCUT2D eigenvalue weighted by Crippen LogP contribution is 2.31. The molecule has 0 fully saturated rings. The minimum absolute atomic E-state index is 0.103. The molecule has 0 saturated carbocycles. The number of tetrazole rings is 1. The number of hydrogen-bond acceptors (Lipinski definition) is 6. The highest BCUT2D eigenvalue weighted by molar-refractivity contribution is 9.10. The number of thiocarbonyl (C=S) groups is 1. The smallest absolute Gasteiger partial charge is 0.261 e. The van der Waals surface area contributed by atoms with Gasteiger partial charge < -0.3 is 5.73 Å². The second-order valence-electron chi connectivity index (χ2n) is 5.52. The quantitative estimate of drug-likeness (QED) is 0.349. The highest BCUT2D eigenvalue weighted by Gasteiger charge is 2.13. The van der Waals surface area contributed by atoms with Crippen LogP contribution in [0.25, 0.3) is 11.4 Å². The van der Waals surface area contributed by atoms with Crippen molar-refractivity contribution in [2.24, 2.45) is 5.73 Å². The molecule has 1 heterocycles. The third kappa shape index (κ3) is 6.64. The first-order valence-corrected chi connectivity index (χ1v) is 10.1. The molecule has 3 aromatic rings. The standard InChI is InChI=1S/C16H13BrCl2N6O.CH3NS/c1-9-7-10(5-6-12(9)17)20-21-14(26)8-25-23-16(22-24-25)11-3-2-4-13(18)15(11)19;2-1-3/h2-7,20H,8H2,1H3,(H,21,26);1H,(H2,2,3). The van der Waals surface area contributed by atoms with Gasteiger partial charge in [0.1, 0.15) is 6.54 Å². The van der Waals surface area contributed by atoms with E-state index in [4.69, 9.17) is 23.2 Å². The van der Waals surface area contributed by atoms with E-state index in [1.165, 1.54) is 4.80 Å². The lowest BCUT2D eigenvalue weighted by Gasteiger charge is -2.09. The molecule has 0 unspecified atom stereocenters. The van der Waals surface area contributed by atoms with Crippen LogP contribution in [0.5, 0.6) is 0 Å². The van der Waals surface area contributed by atoms with Gasteiger partial charge in [-0.2, -0.15) is 4.80 Å². The molecule has 8 nitrogen and oxygen atoms in total. The lowest BCUT2D eigenvalue weighted by Crippen LogP contribution is -2.33. The second-order valence-corrected chi connectivity index (χ2v) is 7.43. The Morgan fingerprint density at radius 3 is 2.76 bits per heavy atom. The summed E-state index contributed by atoms with van der Waals surface area (Å²) in [6.45, 7) is 1.85. The lowest BCUT2D eigenvalue weighted by atomic mass is 10.2. The number of amides is 1. The number of aryl methyl sites for hydroxylation is 1. The van der Waals surface area contributed by atoms with Gasteiger partial charge in [0.05, 0.1) is 21.2 Å². The van der Waals surface area contributed by atoms with Crippen LogP contribution in [0.1, 0.15) is 5.56 Å². The van der Waals surface area contributed by atoms with Gasteiger partial charge in [-0.25, -0.2) is 0 Å². The van der Waals surface area contributed by atoms with Crippen LogP contribution in [-0.2, 0) is 11.3 Å². The van der Waals surface area contributed by atoms with Crippen molar-refractivity contribution in [3.63, 3.8) is 0 Å². The lowest BCUT2D eigenvalue weighted by molar-refractivity contribution is -0.121. The molecule has 1 amide bonds. The minimum Gasteiger partial charge on any atom is -0.396 e. The molecule has 12 heteroatoms. The summed E-state index contributed by atoms with van der Waals surface area (Å²) in [6.07, 6.45) is 0. The Labute approximate surface area is 190 Å². The average molecular weight is 517 g/mol. The number of nitrogens with zero attached hydrogens (tertiary/aromatic N) is 4. The fourth-order valence-corrected chi connectivity index (χ4v) is 2.76. The maximum absolute atomic E-state index is 12.0. The van der Waals surface area contributed by atoms with Crippen LogP contribution in [0.2, 0.25) is 10.0 Å². The molecule has 0 aliphatic rings. The van der Waals surface area contributed by atoms with Crippen LogP contribution in [0, 0.1) is 6.92 Å². The van der Waals surface area contributed by atoms with E-state index >= 15 is 0 Å². The van der Waals surface area contributed by atoms with Crippen molar-refractivity contribution in [2.75, 3.05) is 5.43 Å². The van der Waals surface area contributed by atoms with E-state index in [1.54, 1.807) is 18.2 Å². The first-order chi connectivity index (χ1) is 13.8. The summed E-state index contributed by atoms with van der Waals surface area (Å²) in [5.41, 5.74) is 13.4. The van der Waals surface area contributed by atoms with Crippen molar-refractivity contribution in [3.05, 3.63) is 56.5 Å². The third-order valence-corrected chi connectivity index (χ3v) is 5.14. The van der Waals surface area contributed by atoms with E-state index in [-0.39, 0.29) is 12.5 Å². The highest BCUT2D eigenvalue weighted by atomic mass is 79.9. The third-order valence-electron chi connectivity index (χ3n) is 3.43. The van der Waals surface area contributed by atoms with Crippen molar-refractivity contribution in [1.29, 1.82) is 0 Å². The van der Waals surface area contributed by atoms with Gasteiger partial charge in [0.2, 0.25) is 5.82 Å². The molecule has 3 rings (SSSR count). The molecule has 0 aliphatic heterocycles. The van der Waals surface area contributed by atoms with Gasteiger partial charge in [-0.05, 0) is 48.0 Å². The SMILES string of the molecule is Cc1cc(NNC(=O)Cn2nnc(-c3cccc(Cl)c3Cl)n2)ccc1Br.NC=S. The Balaban J connectivity index is 0.000000941. The zero-order valence-electron chi connectivity index (χ0n) is 15.1. The molecule has 0 bridgehead atoms. The van der Waals surface area contributed by atoms with Gasteiger partial charge in [0.25, 0.3) is 5.91 Å². The predicted molar refractivity (Wildman–Crippen MR) is 122 cm³/mol. The van der Waals surface area contributed by atoms with Crippen molar-refractivity contribution >= 4 is 68.4 Å². The van der Waals surface area contributed by atoms with Crippen molar-refractivity contribution < 1.29 is 4.79 Å². The van der Waals surface area contributed by atoms with Crippen LogP contribution in [-0.4, -0.2) is 31.6 Å². The van der Waals surface area contributed by atoms with Crippen LogP contribution >= 0.6 is 51.3 Å². The number of nitrogens with one attached hydrogen (secondary N) is 2. The molecule has 2 aromatic carbocycles. The van der Waals surface area contributed by atoms with Crippen LogP contribution in [0.15, 0.2) is 40.9 Å². The van der Waals surface area contributed by atoms with Gasteiger partial charge in [-0.15, -0.1) is 10.2 Å². The second kappa shape index (κ2) is 11.1. The fourth-order valence-electron chi connectivity index (χ4n) is 2.13. The molecule has 0 saturated heterocycles. The first kappa shape index (κ1) is 23.0. The number of aromatic nitrogens is 4. The normalized spacial score (nSPS) is 9.93. The molecule has 0 radical (unpaired) electrons. The first-order valence-electron chi connectivity index (χ1n) is 8.04. The number of carbonyl (C=O) groups is 1. The Morgan fingerprint density at radius 2 is 2.07 bits per heavy atom. The van der Waals surface area contributed by atoms with Crippen molar-refractivity contribution in [1.82, 2.24) is 25.6 Å². The number of carbonyl (C=O) groups excluding carboxylic acids is 1. The van der Waals surface area contributed by atoms with E-state index in [9.17, 15) is 4.79 Å². The zero-order valence-corrected chi connectivity index (χ0v) is 19.0. The maximum Gasteiger partial charge on any atom is 0.261 e. The van der Waals surface area contributed by atoms with E-state index in [0.717, 1.165) is 21.2 Å². The van der Waals surface area contributed by atoms with Crippen molar-refractivity contribution in [2.45, 2.75) is 13.5 Å². The summed E-state index contributed by atoms with van der Waals surface area (Å²) in [5.74, 6) is -0.0338. The summed E-state index contributed by atoms with van der Waals surface area (Å²) in [7, 11) is 0. The molecule has 29 heavy (non-hydrogen) atoms. The number of anilines is 1. The van der Waals surface area contributed by atoms with Gasteiger partial charge in [-0.1, -0.05) is 57.4 Å². The average Bonchev–Trinajstić information content (AvgIpc) is 3.13. The minimum atomic E-state index is -0.327. The molecular formula is C17H16BrCl2N7OS. The Bertz CT molecular complexity index is 1020. The molecule has 0 aliphatic carbocycles. The molecular weight excluding hydrogens is 501 g/mol. The van der Waals surface area contributed by atoms with Crippen molar-refractivity contribution in [3.8, 4) is 11.4 Å². The van der Waals surface area contributed by atoms with Crippen LogP contribution < -0.4 is 16.6 Å². The summed E-state index contributed by atoms with van der Waals surface area (Å²) in [5, 5.41) is 12.7. The van der Waals surface area contributed by atoms with E-state index < -0.39 is 0 Å². The van der Waals surface area contributed by atoms with E-state index in [1.807, 2.05) is 25.1 Å². The zero-order chi connectivity index (χ0) is 21.4. The largest absolute Gasteiger partial charge is 0.396 e. The van der Waals surface area contributed by atoms with Gasteiger partial charge in [0.15, 0.2) is 0 Å². The number of hydrogen-bond donors (Lipinski definition) is 3. The summed E-state index contributed by atoms with van der Waals surface area (Å²) in [4.78, 5) is 13.2. The van der Waals surface area contributed by atoms with Crippen LogP contribution in [0.3, 0.4) is 0 Å². The summed E-state index contributed by atoms with van der Waals surface area (Å²) < 4.78 is 0.994. The summed E-state index contributed by atoms with van der Waals surface area (Å²) in [6, 6.07) is 10.8. The maximum atomic E-state index is 12.0.